The van der Waals surface area contributed by atoms with E-state index in [1.54, 1.807) is 41.1 Å². The molecule has 27 heavy (non-hydrogen) atoms. The number of ether oxygens (including phenoxy) is 3. The maximum Gasteiger partial charge on any atom is 0.359 e. The summed E-state index contributed by atoms with van der Waals surface area (Å²) in [6.45, 7) is 2.45. The highest BCUT2D eigenvalue weighted by molar-refractivity contribution is 5.97. The van der Waals surface area contributed by atoms with E-state index in [4.69, 9.17) is 14.2 Å². The second kappa shape index (κ2) is 6.99. The fourth-order valence-corrected chi connectivity index (χ4v) is 2.67. The number of imidazole rings is 1. The second-order valence-electron chi connectivity index (χ2n) is 5.99. The molecule has 138 valence electrons. The second-order valence-corrected chi connectivity index (χ2v) is 5.99. The average molecular weight is 367 g/mol. The number of carbonyl (C=O) groups is 2. The molecule has 1 N–H and O–H groups in total. The van der Waals surface area contributed by atoms with Gasteiger partial charge >= 0.3 is 5.97 Å². The van der Waals surface area contributed by atoms with Crippen molar-refractivity contribution in [3.8, 4) is 11.5 Å². The predicted molar refractivity (Wildman–Crippen MR) is 96.1 cm³/mol. The Labute approximate surface area is 154 Å². The zero-order chi connectivity index (χ0) is 18.8. The van der Waals surface area contributed by atoms with Gasteiger partial charge in [0.05, 0.1) is 0 Å². The lowest BCUT2D eigenvalue weighted by atomic mass is 10.2. The number of hydrogen-bond donors (Lipinski definition) is 1. The van der Waals surface area contributed by atoms with Crippen molar-refractivity contribution in [1.82, 2.24) is 9.38 Å². The van der Waals surface area contributed by atoms with Crippen LogP contribution in [0.15, 0.2) is 48.8 Å². The molecule has 0 saturated heterocycles. The lowest BCUT2D eigenvalue weighted by molar-refractivity contribution is -0.123. The molecule has 3 heterocycles. The van der Waals surface area contributed by atoms with Crippen LogP contribution in [-0.4, -0.2) is 40.6 Å². The van der Waals surface area contributed by atoms with Gasteiger partial charge < -0.3 is 23.9 Å². The fraction of sp³-hybridized carbons (Fsp3) is 0.211. The van der Waals surface area contributed by atoms with Crippen LogP contribution in [0, 0.1) is 0 Å². The zero-order valence-electron chi connectivity index (χ0n) is 14.5. The third-order valence-corrected chi connectivity index (χ3v) is 4.04. The minimum absolute atomic E-state index is 0.139. The molecule has 8 nitrogen and oxygen atoms in total. The molecule has 1 aliphatic heterocycles. The molecular weight excluding hydrogens is 350 g/mol. The van der Waals surface area contributed by atoms with Crippen molar-refractivity contribution in [1.29, 1.82) is 0 Å². The Morgan fingerprint density at radius 2 is 2.00 bits per heavy atom. The van der Waals surface area contributed by atoms with E-state index in [0.29, 0.717) is 36.0 Å². The first-order valence-electron chi connectivity index (χ1n) is 8.45. The molecule has 1 amide bonds. The van der Waals surface area contributed by atoms with Gasteiger partial charge in [-0.15, -0.1) is 0 Å². The number of rotatable bonds is 4. The third-order valence-electron chi connectivity index (χ3n) is 4.04. The highest BCUT2D eigenvalue weighted by Crippen LogP contribution is 2.32. The number of benzene rings is 1. The van der Waals surface area contributed by atoms with Crippen molar-refractivity contribution >= 4 is 23.2 Å². The Bertz CT molecular complexity index is 981. The molecule has 1 aliphatic rings. The van der Waals surface area contributed by atoms with Crippen LogP contribution in [-0.2, 0) is 9.53 Å². The molecule has 2 aromatic heterocycles. The van der Waals surface area contributed by atoms with Crippen molar-refractivity contribution in [2.75, 3.05) is 18.5 Å². The first-order chi connectivity index (χ1) is 13.1. The molecule has 0 unspecified atom stereocenters. The predicted octanol–water partition coefficient (Wildman–Crippen LogP) is 2.29. The van der Waals surface area contributed by atoms with Gasteiger partial charge in [0.25, 0.3) is 5.91 Å². The van der Waals surface area contributed by atoms with Crippen molar-refractivity contribution in [3.63, 3.8) is 0 Å². The Morgan fingerprint density at radius 3 is 2.81 bits per heavy atom. The molecule has 4 rings (SSSR count). The molecule has 0 spiro atoms. The number of nitrogens with zero attached hydrogens (tertiary/aromatic N) is 2. The third kappa shape index (κ3) is 3.55. The van der Waals surface area contributed by atoms with Crippen molar-refractivity contribution < 1.29 is 23.8 Å². The molecule has 8 heteroatoms. The van der Waals surface area contributed by atoms with E-state index in [0.717, 1.165) is 0 Å². The average Bonchev–Trinajstić information content (AvgIpc) is 3.12. The van der Waals surface area contributed by atoms with Crippen LogP contribution in [0.3, 0.4) is 0 Å². The van der Waals surface area contributed by atoms with Crippen molar-refractivity contribution in [3.05, 3.63) is 54.5 Å². The van der Waals surface area contributed by atoms with Gasteiger partial charge in [-0.25, -0.2) is 9.78 Å². The smallest absolute Gasteiger partial charge is 0.359 e. The summed E-state index contributed by atoms with van der Waals surface area (Å²) >= 11 is 0. The van der Waals surface area contributed by atoms with Crippen molar-refractivity contribution in [2.45, 2.75) is 13.0 Å². The summed E-state index contributed by atoms with van der Waals surface area (Å²) in [4.78, 5) is 28.8. The van der Waals surface area contributed by atoms with Crippen LogP contribution in [0.1, 0.15) is 17.4 Å². The maximum atomic E-state index is 12.3. The van der Waals surface area contributed by atoms with E-state index in [1.165, 1.54) is 6.92 Å². The summed E-state index contributed by atoms with van der Waals surface area (Å²) in [5.74, 6) is 0.0753. The van der Waals surface area contributed by atoms with Crippen LogP contribution in [0.5, 0.6) is 11.5 Å². The molecule has 0 bridgehead atoms. The monoisotopic (exact) mass is 367 g/mol. The molecule has 3 aromatic rings. The quantitative estimate of drug-likeness (QED) is 0.712. The molecular formula is C19H17N3O5. The van der Waals surface area contributed by atoms with E-state index in [9.17, 15) is 9.59 Å². The number of aromatic nitrogens is 2. The molecule has 1 atom stereocenters. The van der Waals surface area contributed by atoms with Gasteiger partial charge in [0.1, 0.15) is 18.9 Å². The summed E-state index contributed by atoms with van der Waals surface area (Å²) in [6.07, 6.45) is 2.34. The maximum absolute atomic E-state index is 12.3. The molecule has 0 saturated carbocycles. The summed E-state index contributed by atoms with van der Waals surface area (Å²) < 4.78 is 17.9. The van der Waals surface area contributed by atoms with Crippen LogP contribution >= 0.6 is 0 Å². The molecule has 0 radical (unpaired) electrons. The van der Waals surface area contributed by atoms with Gasteiger partial charge in [0.2, 0.25) is 0 Å². The zero-order valence-corrected chi connectivity index (χ0v) is 14.5. The van der Waals surface area contributed by atoms with Gasteiger partial charge in [-0.1, -0.05) is 6.07 Å². The van der Waals surface area contributed by atoms with E-state index in [-0.39, 0.29) is 5.69 Å². The van der Waals surface area contributed by atoms with Crippen LogP contribution in [0.25, 0.3) is 5.65 Å². The summed E-state index contributed by atoms with van der Waals surface area (Å²) in [7, 11) is 0. The van der Waals surface area contributed by atoms with E-state index >= 15 is 0 Å². The first kappa shape index (κ1) is 16.9. The summed E-state index contributed by atoms with van der Waals surface area (Å²) in [6, 6.07) is 10.5. The van der Waals surface area contributed by atoms with Crippen LogP contribution in [0.4, 0.5) is 5.69 Å². The minimum Gasteiger partial charge on any atom is -0.486 e. The summed E-state index contributed by atoms with van der Waals surface area (Å²) in [5.41, 5.74) is 1.29. The molecule has 1 aromatic carbocycles. The van der Waals surface area contributed by atoms with E-state index in [1.807, 2.05) is 12.1 Å². The minimum atomic E-state index is -0.990. The lowest BCUT2D eigenvalue weighted by Crippen LogP contribution is -2.30. The van der Waals surface area contributed by atoms with Crippen molar-refractivity contribution in [2.24, 2.45) is 0 Å². The Hall–Kier alpha value is -3.55. The van der Waals surface area contributed by atoms with Gasteiger partial charge in [0.15, 0.2) is 23.3 Å². The number of amides is 1. The Balaban J connectivity index is 1.40. The Kier molecular flexibility index (Phi) is 4.37. The SMILES string of the molecule is C[C@@H](OC(=O)c1cn2ccccc2n1)C(=O)Nc1ccc2c(c1)OCCO2. The number of anilines is 1. The van der Waals surface area contributed by atoms with Gasteiger partial charge in [-0.05, 0) is 31.2 Å². The van der Waals surface area contributed by atoms with E-state index < -0.39 is 18.0 Å². The van der Waals surface area contributed by atoms with Crippen LogP contribution < -0.4 is 14.8 Å². The fourth-order valence-electron chi connectivity index (χ4n) is 2.67. The standard InChI is InChI=1S/C19H17N3O5/c1-12(27-19(24)14-11-22-7-3-2-4-17(22)21-14)18(23)20-13-5-6-15-16(10-13)26-9-8-25-15/h2-7,10-12H,8-9H2,1H3,(H,20,23)/t12-/m1/s1. The largest absolute Gasteiger partial charge is 0.486 e. The summed E-state index contributed by atoms with van der Waals surface area (Å²) in [5, 5.41) is 2.70. The van der Waals surface area contributed by atoms with Gasteiger partial charge in [0, 0.05) is 24.1 Å². The first-order valence-corrected chi connectivity index (χ1v) is 8.45. The number of pyridine rings is 1. The number of hydrogen-bond acceptors (Lipinski definition) is 6. The number of nitrogens with one attached hydrogen (secondary N) is 1. The van der Waals surface area contributed by atoms with Crippen LogP contribution in [0.2, 0.25) is 0 Å². The Morgan fingerprint density at radius 1 is 1.19 bits per heavy atom. The molecule has 0 fully saturated rings. The normalized spacial score (nSPS) is 13.8. The topological polar surface area (TPSA) is 91.2 Å². The number of carbonyl (C=O) groups excluding carboxylic acids is 2. The number of esters is 1. The van der Waals surface area contributed by atoms with Gasteiger partial charge in [-0.3, -0.25) is 4.79 Å². The van der Waals surface area contributed by atoms with Gasteiger partial charge in [-0.2, -0.15) is 0 Å². The number of fused-ring (bicyclic) bond motifs is 2. The lowest BCUT2D eigenvalue weighted by Gasteiger charge is -2.19. The van der Waals surface area contributed by atoms with E-state index in [2.05, 4.69) is 10.3 Å². The highest BCUT2D eigenvalue weighted by atomic mass is 16.6. The molecule has 0 aliphatic carbocycles. The highest BCUT2D eigenvalue weighted by Gasteiger charge is 2.21.